The van der Waals surface area contributed by atoms with Gasteiger partial charge >= 0.3 is 0 Å². The fraction of sp³-hybridized carbons (Fsp3) is 0.462. The number of hydrogen-bond donors (Lipinski definition) is 1. The van der Waals surface area contributed by atoms with Crippen LogP contribution in [0.4, 0.5) is 0 Å². The van der Waals surface area contributed by atoms with E-state index in [0.29, 0.717) is 24.6 Å². The van der Waals surface area contributed by atoms with Gasteiger partial charge < -0.3 is 10.0 Å². The molecule has 1 aliphatic heterocycles. The van der Waals surface area contributed by atoms with Gasteiger partial charge in [0.1, 0.15) is 5.60 Å². The van der Waals surface area contributed by atoms with E-state index in [4.69, 9.17) is 0 Å². The van der Waals surface area contributed by atoms with E-state index in [2.05, 4.69) is 31.9 Å². The number of hydrogen-bond acceptors (Lipinski definition) is 2. The van der Waals surface area contributed by atoms with Crippen LogP contribution >= 0.6 is 31.9 Å². The first-order chi connectivity index (χ1) is 8.48. The maximum atomic E-state index is 12.2. The van der Waals surface area contributed by atoms with Crippen LogP contribution in [0.2, 0.25) is 0 Å². The van der Waals surface area contributed by atoms with Gasteiger partial charge in [-0.05, 0) is 37.0 Å². The quantitative estimate of drug-likeness (QED) is 0.864. The van der Waals surface area contributed by atoms with Crippen LogP contribution in [0.15, 0.2) is 27.1 Å². The summed E-state index contributed by atoms with van der Waals surface area (Å²) in [6, 6.07) is 5.51. The smallest absolute Gasteiger partial charge is 0.254 e. The molecule has 1 aromatic rings. The van der Waals surface area contributed by atoms with Gasteiger partial charge in [0.15, 0.2) is 0 Å². The lowest BCUT2D eigenvalue weighted by molar-refractivity contribution is -0.0958. The van der Waals surface area contributed by atoms with Crippen molar-refractivity contribution in [1.29, 1.82) is 0 Å². The molecule has 1 N–H and O–H groups in total. The molecule has 1 saturated carbocycles. The lowest BCUT2D eigenvalue weighted by atomic mass is 9.88. The Labute approximate surface area is 122 Å². The number of carbonyl (C=O) groups is 1. The first-order valence-corrected chi connectivity index (χ1v) is 7.54. The molecule has 2 aliphatic rings. The molecular formula is C13H13Br2NO2. The standard InChI is InChI=1S/C13H13Br2NO2/c14-10-3-8(4-11(15)5-10)12(17)16-6-13(18,7-16)9-1-2-9/h3-5,9,18H,1-2,6-7H2. The molecular weight excluding hydrogens is 362 g/mol. The van der Waals surface area contributed by atoms with Gasteiger partial charge in [0.2, 0.25) is 0 Å². The van der Waals surface area contributed by atoms with Crippen LogP contribution in [0.3, 0.4) is 0 Å². The van der Waals surface area contributed by atoms with Crippen molar-refractivity contribution >= 4 is 37.8 Å². The van der Waals surface area contributed by atoms with Crippen LogP contribution in [-0.2, 0) is 0 Å². The van der Waals surface area contributed by atoms with Crippen molar-refractivity contribution in [2.75, 3.05) is 13.1 Å². The number of halogens is 2. The average Bonchev–Trinajstić information content (AvgIpc) is 3.06. The normalized spacial score (nSPS) is 21.6. The Morgan fingerprint density at radius 1 is 1.22 bits per heavy atom. The Bertz CT molecular complexity index is 487. The summed E-state index contributed by atoms with van der Waals surface area (Å²) in [5.41, 5.74) is 0.0351. The molecule has 0 bridgehead atoms. The van der Waals surface area contributed by atoms with Gasteiger partial charge in [0, 0.05) is 14.5 Å². The van der Waals surface area contributed by atoms with E-state index in [1.807, 2.05) is 18.2 Å². The van der Waals surface area contributed by atoms with Crippen LogP contribution in [0.5, 0.6) is 0 Å². The number of β-amino-alcohol motifs (C(OH)–C–C–N with tert-alkyl or cyclic N) is 1. The molecule has 2 fully saturated rings. The largest absolute Gasteiger partial charge is 0.386 e. The molecule has 3 rings (SSSR count). The number of benzene rings is 1. The number of likely N-dealkylation sites (tertiary alicyclic amines) is 1. The minimum absolute atomic E-state index is 0.0117. The molecule has 0 aromatic heterocycles. The Morgan fingerprint density at radius 3 is 2.28 bits per heavy atom. The minimum Gasteiger partial charge on any atom is -0.386 e. The molecule has 1 aromatic carbocycles. The van der Waals surface area contributed by atoms with Gasteiger partial charge in [-0.2, -0.15) is 0 Å². The van der Waals surface area contributed by atoms with E-state index in [9.17, 15) is 9.90 Å². The molecule has 3 nitrogen and oxygen atoms in total. The SMILES string of the molecule is O=C(c1cc(Br)cc(Br)c1)N1CC(O)(C2CC2)C1. The summed E-state index contributed by atoms with van der Waals surface area (Å²) in [5, 5.41) is 10.2. The second-order valence-electron chi connectivity index (χ2n) is 5.20. The zero-order valence-electron chi connectivity index (χ0n) is 9.70. The summed E-state index contributed by atoms with van der Waals surface area (Å²) < 4.78 is 1.75. The maximum Gasteiger partial charge on any atom is 0.254 e. The molecule has 1 aliphatic carbocycles. The van der Waals surface area contributed by atoms with Crippen molar-refractivity contribution in [2.45, 2.75) is 18.4 Å². The Kier molecular flexibility index (Phi) is 3.03. The topological polar surface area (TPSA) is 40.5 Å². The molecule has 0 radical (unpaired) electrons. The van der Waals surface area contributed by atoms with Crippen molar-refractivity contribution in [3.05, 3.63) is 32.7 Å². The van der Waals surface area contributed by atoms with E-state index < -0.39 is 5.60 Å². The van der Waals surface area contributed by atoms with Crippen LogP contribution in [0, 0.1) is 5.92 Å². The van der Waals surface area contributed by atoms with E-state index >= 15 is 0 Å². The van der Waals surface area contributed by atoms with Gasteiger partial charge in [-0.1, -0.05) is 31.9 Å². The summed E-state index contributed by atoms with van der Waals surface area (Å²) in [7, 11) is 0. The number of amides is 1. The highest BCUT2D eigenvalue weighted by molar-refractivity contribution is 9.11. The molecule has 5 heteroatoms. The maximum absolute atomic E-state index is 12.2. The predicted octanol–water partition coefficient (Wildman–Crippen LogP) is 2.81. The van der Waals surface area contributed by atoms with Crippen molar-refractivity contribution < 1.29 is 9.90 Å². The third-order valence-corrected chi connectivity index (χ3v) is 4.58. The van der Waals surface area contributed by atoms with E-state index in [0.717, 1.165) is 21.8 Å². The molecule has 18 heavy (non-hydrogen) atoms. The van der Waals surface area contributed by atoms with Crippen molar-refractivity contribution in [3.63, 3.8) is 0 Å². The van der Waals surface area contributed by atoms with Crippen molar-refractivity contribution in [1.82, 2.24) is 4.90 Å². The lowest BCUT2D eigenvalue weighted by Gasteiger charge is -2.47. The minimum atomic E-state index is -0.612. The monoisotopic (exact) mass is 373 g/mol. The Hall–Kier alpha value is -0.390. The number of nitrogens with zero attached hydrogens (tertiary/aromatic N) is 1. The number of carbonyl (C=O) groups excluding carboxylic acids is 1. The second-order valence-corrected chi connectivity index (χ2v) is 7.03. The zero-order chi connectivity index (χ0) is 12.9. The molecule has 96 valence electrons. The molecule has 1 amide bonds. The molecule has 1 heterocycles. The van der Waals surface area contributed by atoms with E-state index in [-0.39, 0.29) is 5.91 Å². The molecule has 0 spiro atoms. The van der Waals surface area contributed by atoms with E-state index in [1.54, 1.807) is 4.90 Å². The molecule has 0 unspecified atom stereocenters. The summed E-state index contributed by atoms with van der Waals surface area (Å²) >= 11 is 6.75. The van der Waals surface area contributed by atoms with Gasteiger partial charge in [-0.25, -0.2) is 0 Å². The van der Waals surface area contributed by atoms with Crippen LogP contribution in [-0.4, -0.2) is 34.6 Å². The first kappa shape index (κ1) is 12.6. The van der Waals surface area contributed by atoms with Gasteiger partial charge in [0.25, 0.3) is 5.91 Å². The van der Waals surface area contributed by atoms with E-state index in [1.165, 1.54) is 0 Å². The van der Waals surface area contributed by atoms with Gasteiger partial charge in [-0.3, -0.25) is 4.79 Å². The third-order valence-electron chi connectivity index (χ3n) is 3.66. The second kappa shape index (κ2) is 4.32. The third kappa shape index (κ3) is 2.24. The summed E-state index contributed by atoms with van der Waals surface area (Å²) in [4.78, 5) is 14.0. The van der Waals surface area contributed by atoms with Gasteiger partial charge in [0.05, 0.1) is 13.1 Å². The first-order valence-electron chi connectivity index (χ1n) is 5.96. The fourth-order valence-electron chi connectivity index (χ4n) is 2.50. The highest BCUT2D eigenvalue weighted by Gasteiger charge is 2.53. The van der Waals surface area contributed by atoms with Crippen LogP contribution < -0.4 is 0 Å². The summed E-state index contributed by atoms with van der Waals surface area (Å²) in [5.74, 6) is 0.401. The average molecular weight is 375 g/mol. The highest BCUT2D eigenvalue weighted by Crippen LogP contribution is 2.44. The highest BCUT2D eigenvalue weighted by atomic mass is 79.9. The number of rotatable bonds is 2. The summed E-state index contributed by atoms with van der Waals surface area (Å²) in [6.07, 6.45) is 2.20. The predicted molar refractivity (Wildman–Crippen MR) is 75.4 cm³/mol. The van der Waals surface area contributed by atoms with Crippen molar-refractivity contribution in [3.8, 4) is 0 Å². The molecule has 0 atom stereocenters. The van der Waals surface area contributed by atoms with Crippen molar-refractivity contribution in [2.24, 2.45) is 5.92 Å². The van der Waals surface area contributed by atoms with Gasteiger partial charge in [-0.15, -0.1) is 0 Å². The van der Waals surface area contributed by atoms with Crippen LogP contribution in [0.25, 0.3) is 0 Å². The number of aliphatic hydroxyl groups is 1. The lowest BCUT2D eigenvalue weighted by Crippen LogP contribution is -2.64. The Balaban J connectivity index is 1.72. The Morgan fingerprint density at radius 2 is 1.78 bits per heavy atom. The molecule has 1 saturated heterocycles. The zero-order valence-corrected chi connectivity index (χ0v) is 12.9. The fourth-order valence-corrected chi connectivity index (χ4v) is 3.79. The summed E-state index contributed by atoms with van der Waals surface area (Å²) in [6.45, 7) is 0.946. The van der Waals surface area contributed by atoms with Crippen LogP contribution in [0.1, 0.15) is 23.2 Å².